The first-order chi connectivity index (χ1) is 36.0. The molecule has 19 heteroatoms. The summed E-state index contributed by atoms with van der Waals surface area (Å²) in [6, 6.07) is 9.03. The van der Waals surface area contributed by atoms with Gasteiger partial charge in [0.05, 0.1) is 51.0 Å². The minimum Gasteiger partial charge on any atom is -0.493 e. The highest BCUT2D eigenvalue weighted by molar-refractivity contribution is 7.13. The van der Waals surface area contributed by atoms with Gasteiger partial charge in [0.1, 0.15) is 41.3 Å². The van der Waals surface area contributed by atoms with Crippen molar-refractivity contribution in [3.05, 3.63) is 69.9 Å². The van der Waals surface area contributed by atoms with E-state index in [9.17, 15) is 28.8 Å². The molecule has 77 heavy (non-hydrogen) atoms. The molecule has 4 aromatic rings. The van der Waals surface area contributed by atoms with Crippen LogP contribution in [-0.4, -0.2) is 117 Å². The molecule has 2 aromatic carbocycles. The molecule has 0 aliphatic carbocycles. The predicted octanol–water partition coefficient (Wildman–Crippen LogP) is 8.68. The Balaban J connectivity index is 1.09. The van der Waals surface area contributed by atoms with Crippen LogP contribution in [0.5, 0.6) is 11.5 Å². The number of aromatic nitrogens is 2. The summed E-state index contributed by atoms with van der Waals surface area (Å²) in [5.41, 5.74) is 6.48. The van der Waals surface area contributed by atoms with Crippen LogP contribution < -0.4 is 30.7 Å². The normalized spacial score (nSPS) is 16.9. The van der Waals surface area contributed by atoms with Crippen molar-refractivity contribution in [3.63, 3.8) is 0 Å². The summed E-state index contributed by atoms with van der Waals surface area (Å²) >= 11 is 3.09. The third-order valence-electron chi connectivity index (χ3n) is 14.2. The van der Waals surface area contributed by atoms with Crippen molar-refractivity contribution in [2.45, 2.75) is 184 Å². The lowest BCUT2D eigenvalue weighted by Crippen LogP contribution is -2.57. The first kappa shape index (κ1) is 60.3. The van der Waals surface area contributed by atoms with Gasteiger partial charge in [0.15, 0.2) is 0 Å². The monoisotopic (exact) mass is 1100 g/mol. The maximum absolute atomic E-state index is 13.9. The molecule has 1 unspecified atom stereocenters. The summed E-state index contributed by atoms with van der Waals surface area (Å²) in [6.45, 7) is 28.1. The van der Waals surface area contributed by atoms with E-state index in [1.165, 1.54) is 13.8 Å². The van der Waals surface area contributed by atoms with Gasteiger partial charge in [-0.1, -0.05) is 65.8 Å². The minimum absolute atomic E-state index is 0.169. The van der Waals surface area contributed by atoms with Crippen LogP contribution in [0.1, 0.15) is 144 Å². The Hall–Kier alpha value is -5.92. The molecule has 17 nitrogen and oxygen atoms in total. The van der Waals surface area contributed by atoms with Crippen LogP contribution in [0.3, 0.4) is 0 Å². The van der Waals surface area contributed by atoms with E-state index >= 15 is 0 Å². The first-order valence-corrected chi connectivity index (χ1v) is 28.5. The molecule has 6 amide bonds. The van der Waals surface area contributed by atoms with Gasteiger partial charge in [-0.25, -0.2) is 9.97 Å². The number of hydrogen-bond donors (Lipinski definition) is 4. The van der Waals surface area contributed by atoms with Gasteiger partial charge in [-0.15, -0.1) is 22.7 Å². The number of aryl methyl sites for hydroxylation is 2. The molecule has 0 bridgehead atoms. The summed E-state index contributed by atoms with van der Waals surface area (Å²) in [5, 5.41) is 11.8. The fraction of sp³-hybridized carbons (Fsp3) is 0.586. The molecule has 2 aliphatic heterocycles. The van der Waals surface area contributed by atoms with Gasteiger partial charge in [0, 0.05) is 64.0 Å². The van der Waals surface area contributed by atoms with E-state index in [1.807, 2.05) is 131 Å². The highest BCUT2D eigenvalue weighted by Crippen LogP contribution is 2.36. The van der Waals surface area contributed by atoms with Crippen molar-refractivity contribution in [1.82, 2.24) is 41.0 Å². The number of benzene rings is 2. The fourth-order valence-electron chi connectivity index (χ4n) is 9.71. The number of ether oxygens (including phenoxy) is 3. The summed E-state index contributed by atoms with van der Waals surface area (Å²) < 4.78 is 19.9. The molecule has 420 valence electrons. The zero-order valence-electron chi connectivity index (χ0n) is 47.7. The largest absolute Gasteiger partial charge is 0.493 e. The predicted molar refractivity (Wildman–Crippen MR) is 301 cm³/mol. The van der Waals surface area contributed by atoms with Crippen LogP contribution in [0.25, 0.3) is 20.9 Å². The third-order valence-corrected chi connectivity index (χ3v) is 16.2. The zero-order chi connectivity index (χ0) is 56.6. The average molecular weight is 1100 g/mol. The molecule has 0 saturated carbocycles. The number of nitrogens with one attached hydrogen (secondary N) is 4. The van der Waals surface area contributed by atoms with Crippen LogP contribution in [0.2, 0.25) is 0 Å². The number of carbonyl (C=O) groups excluding carboxylic acids is 6. The van der Waals surface area contributed by atoms with Gasteiger partial charge in [-0.2, -0.15) is 0 Å². The van der Waals surface area contributed by atoms with E-state index in [0.717, 1.165) is 43.4 Å². The second kappa shape index (κ2) is 25.3. The maximum atomic E-state index is 13.9. The van der Waals surface area contributed by atoms with Crippen molar-refractivity contribution in [2.75, 3.05) is 26.3 Å². The van der Waals surface area contributed by atoms with Gasteiger partial charge in [-0.05, 0) is 101 Å². The molecule has 4 atom stereocenters. The molecule has 4 N–H and O–H groups in total. The molecule has 0 spiro atoms. The molecule has 2 saturated heterocycles. The number of likely N-dealkylation sites (tertiary alicyclic amines) is 2. The van der Waals surface area contributed by atoms with Crippen LogP contribution in [0, 0.1) is 24.7 Å². The molecule has 6 rings (SSSR count). The van der Waals surface area contributed by atoms with Crippen LogP contribution >= 0.6 is 22.7 Å². The molecular formula is C58H82N8O9S2. The Morgan fingerprint density at radius 3 is 1.47 bits per heavy atom. The summed E-state index contributed by atoms with van der Waals surface area (Å²) in [6.07, 6.45) is 3.47. The Kier molecular flexibility index (Phi) is 19.8. The quantitative estimate of drug-likeness (QED) is 0.0585. The Labute approximate surface area is 463 Å². The van der Waals surface area contributed by atoms with Crippen LogP contribution in [-0.2, 0) is 46.6 Å². The third kappa shape index (κ3) is 16.1. The van der Waals surface area contributed by atoms with E-state index in [1.54, 1.807) is 32.5 Å². The lowest BCUT2D eigenvalue weighted by atomic mass is 9.85. The van der Waals surface area contributed by atoms with E-state index in [2.05, 4.69) is 31.2 Å². The highest BCUT2D eigenvalue weighted by Gasteiger charge is 2.43. The second-order valence-electron chi connectivity index (χ2n) is 23.8. The molecule has 2 aromatic heterocycles. The minimum atomic E-state index is -0.771. The fourth-order valence-corrected chi connectivity index (χ4v) is 11.3. The van der Waals surface area contributed by atoms with Gasteiger partial charge < -0.3 is 45.3 Å². The standard InChI is InChI=1S/C58H82N8O9S2/c1-35-47(76-33-61-35)39-19-21-41(31-59-51(69)43-17-15-25-65(43)53(71)49(55(5,6)7)63-37(3)67)45(29-39)73-27-23-57(11,12)74-28-24-58(13,14)75-46-30-40(48-36(2)62-34-77-48)20-22-42(46)32-60-52(70)44-18-16-26-66(44)54(72)50(56(8,9)10)64-38(4)68/h19-22,29-30,33-34,43-44,49-50H,15-18,23-28,31-32H2,1-14H3,(H,59,69)(H,60,70)(H,63,67)(H,64,68)/t43-,44-,49+,50?/m0/s1. The molecule has 0 radical (unpaired) electrons. The SMILES string of the molecule is CC(=O)NC(C(=O)N1CCC[C@H]1C(=O)NCc1ccc(-c2scnc2C)cc1OC(C)(C)CCOC(C)(C)CCOc1cc(-c2scnc2C)ccc1CNC(=O)[C@@H]1CCCN1C(=O)[C@@H](NC(C)=O)C(C)(C)C)C(C)(C)C. The number of hydrogen-bond acceptors (Lipinski definition) is 13. The van der Waals surface area contributed by atoms with Crippen molar-refractivity contribution >= 4 is 58.1 Å². The van der Waals surface area contributed by atoms with E-state index < -0.39 is 46.2 Å². The summed E-state index contributed by atoms with van der Waals surface area (Å²) in [7, 11) is 0. The lowest BCUT2D eigenvalue weighted by molar-refractivity contribution is -0.143. The van der Waals surface area contributed by atoms with Crippen molar-refractivity contribution in [3.8, 4) is 32.4 Å². The van der Waals surface area contributed by atoms with E-state index in [0.29, 0.717) is 76.3 Å². The van der Waals surface area contributed by atoms with Gasteiger partial charge in [0.25, 0.3) is 0 Å². The maximum Gasteiger partial charge on any atom is 0.246 e. The van der Waals surface area contributed by atoms with E-state index in [-0.39, 0.29) is 48.5 Å². The number of thiazole rings is 2. The summed E-state index contributed by atoms with van der Waals surface area (Å²) in [4.78, 5) is 93.7. The second-order valence-corrected chi connectivity index (χ2v) is 25.5. The highest BCUT2D eigenvalue weighted by atomic mass is 32.1. The number of rotatable bonds is 22. The van der Waals surface area contributed by atoms with Crippen LogP contribution in [0.15, 0.2) is 47.4 Å². The topological polar surface area (TPSA) is 210 Å². The number of nitrogens with zero attached hydrogens (tertiary/aromatic N) is 4. The average Bonchev–Trinajstić information content (AvgIpc) is 4.19. The van der Waals surface area contributed by atoms with Crippen molar-refractivity contribution in [2.24, 2.45) is 10.8 Å². The smallest absolute Gasteiger partial charge is 0.246 e. The Morgan fingerprint density at radius 2 is 1.05 bits per heavy atom. The Bertz CT molecular complexity index is 2760. The van der Waals surface area contributed by atoms with Gasteiger partial charge >= 0.3 is 0 Å². The van der Waals surface area contributed by atoms with Gasteiger partial charge in [0.2, 0.25) is 35.4 Å². The zero-order valence-corrected chi connectivity index (χ0v) is 49.3. The van der Waals surface area contributed by atoms with Gasteiger partial charge in [-0.3, -0.25) is 28.8 Å². The van der Waals surface area contributed by atoms with Crippen molar-refractivity contribution < 1.29 is 43.0 Å². The van der Waals surface area contributed by atoms with Crippen LogP contribution in [0.4, 0.5) is 0 Å². The Morgan fingerprint density at radius 1 is 0.623 bits per heavy atom. The molecule has 2 fully saturated rings. The first-order valence-electron chi connectivity index (χ1n) is 26.8. The molecular weight excluding hydrogens is 1020 g/mol. The summed E-state index contributed by atoms with van der Waals surface area (Å²) in [5.74, 6) is -0.429. The lowest BCUT2D eigenvalue weighted by Gasteiger charge is -2.35. The molecule has 2 aliphatic rings. The molecule has 4 heterocycles. The number of carbonyl (C=O) groups is 6. The van der Waals surface area contributed by atoms with E-state index in [4.69, 9.17) is 14.2 Å². The van der Waals surface area contributed by atoms with Crippen molar-refractivity contribution in [1.29, 1.82) is 0 Å². The number of amides is 6.